The minimum absolute atomic E-state index is 0.387. The highest BCUT2D eigenvalue weighted by atomic mass is 35.5. The summed E-state index contributed by atoms with van der Waals surface area (Å²) in [6.45, 7) is 1.00. The third-order valence-corrected chi connectivity index (χ3v) is 5.62. The summed E-state index contributed by atoms with van der Waals surface area (Å²) in [5.41, 5.74) is 0.660. The minimum Gasteiger partial charge on any atom is -0.481 e. The average molecular weight is 432 g/mol. The second-order valence-electron chi connectivity index (χ2n) is 6.84. The number of rotatable bonds is 4. The van der Waals surface area contributed by atoms with Crippen LogP contribution in [0.25, 0.3) is 0 Å². The van der Waals surface area contributed by atoms with Crippen LogP contribution >= 0.6 is 23.2 Å². The molecule has 1 saturated heterocycles. The molecule has 1 aliphatic rings. The summed E-state index contributed by atoms with van der Waals surface area (Å²) in [6.07, 6.45) is -3.47. The minimum atomic E-state index is -4.41. The van der Waals surface area contributed by atoms with Crippen molar-refractivity contribution in [1.82, 2.24) is 4.90 Å². The molecule has 1 N–H and O–H groups in total. The molecule has 28 heavy (non-hydrogen) atoms. The van der Waals surface area contributed by atoms with Gasteiger partial charge in [-0.1, -0.05) is 41.4 Å². The number of alkyl halides is 3. The molecule has 1 heterocycles. The second kappa shape index (κ2) is 8.31. The van der Waals surface area contributed by atoms with Gasteiger partial charge in [-0.15, -0.1) is 0 Å². The van der Waals surface area contributed by atoms with Crippen molar-refractivity contribution in [2.75, 3.05) is 13.1 Å². The van der Waals surface area contributed by atoms with Crippen molar-refractivity contribution in [2.24, 2.45) is 5.92 Å². The van der Waals surface area contributed by atoms with Crippen LogP contribution in [-0.4, -0.2) is 29.1 Å². The standard InChI is InChI=1S/C20H18Cl2F3NO2/c21-15-5-6-16(17(22)11-15)18(26-9-7-13(8-10-26)19(27)28)12-1-3-14(4-2-12)20(23,24)25/h1-6,11,13,18H,7-10H2,(H,27,28). The van der Waals surface area contributed by atoms with Crippen molar-refractivity contribution in [3.63, 3.8) is 0 Å². The van der Waals surface area contributed by atoms with E-state index in [-0.39, 0.29) is 6.04 Å². The first kappa shape index (κ1) is 21.0. The van der Waals surface area contributed by atoms with Gasteiger partial charge in [0.15, 0.2) is 0 Å². The summed E-state index contributed by atoms with van der Waals surface area (Å²) in [5, 5.41) is 10.1. The summed E-state index contributed by atoms with van der Waals surface area (Å²) in [5.74, 6) is -1.24. The van der Waals surface area contributed by atoms with E-state index in [1.807, 2.05) is 0 Å². The van der Waals surface area contributed by atoms with Gasteiger partial charge in [-0.3, -0.25) is 9.69 Å². The van der Waals surface area contributed by atoms with Crippen LogP contribution in [0.5, 0.6) is 0 Å². The Morgan fingerprint density at radius 3 is 2.18 bits per heavy atom. The Labute approximate surface area is 170 Å². The van der Waals surface area contributed by atoms with Crippen molar-refractivity contribution in [3.05, 3.63) is 69.2 Å². The molecule has 1 unspecified atom stereocenters. The third-order valence-electron chi connectivity index (χ3n) is 5.05. The van der Waals surface area contributed by atoms with Gasteiger partial charge in [0.1, 0.15) is 0 Å². The fourth-order valence-electron chi connectivity index (χ4n) is 3.57. The van der Waals surface area contributed by atoms with E-state index in [0.717, 1.165) is 17.7 Å². The molecular formula is C20H18Cl2F3NO2. The van der Waals surface area contributed by atoms with Crippen LogP contribution < -0.4 is 0 Å². The normalized spacial score (nSPS) is 17.5. The van der Waals surface area contributed by atoms with E-state index in [2.05, 4.69) is 4.90 Å². The van der Waals surface area contributed by atoms with Gasteiger partial charge in [-0.25, -0.2) is 0 Å². The van der Waals surface area contributed by atoms with E-state index >= 15 is 0 Å². The number of likely N-dealkylation sites (tertiary alicyclic amines) is 1. The average Bonchev–Trinajstić information content (AvgIpc) is 2.64. The Hall–Kier alpha value is -1.76. The fraction of sp³-hybridized carbons (Fsp3) is 0.350. The summed E-state index contributed by atoms with van der Waals surface area (Å²) in [4.78, 5) is 13.3. The predicted octanol–water partition coefficient (Wildman–Crippen LogP) is 5.90. The van der Waals surface area contributed by atoms with Crippen LogP contribution in [0.4, 0.5) is 13.2 Å². The first-order valence-corrected chi connectivity index (χ1v) is 9.51. The third kappa shape index (κ3) is 4.62. The number of aliphatic carboxylic acids is 1. The fourth-order valence-corrected chi connectivity index (χ4v) is 4.08. The number of halogens is 5. The number of nitrogens with zero attached hydrogens (tertiary/aromatic N) is 1. The molecule has 3 rings (SSSR count). The molecule has 1 fully saturated rings. The SMILES string of the molecule is O=C(O)C1CCN(C(c2ccc(C(F)(F)F)cc2)c2ccc(Cl)cc2Cl)CC1. The van der Waals surface area contributed by atoms with Gasteiger partial charge in [-0.2, -0.15) is 13.2 Å². The lowest BCUT2D eigenvalue weighted by molar-refractivity contribution is -0.143. The van der Waals surface area contributed by atoms with Crippen LogP contribution in [0, 0.1) is 5.92 Å². The second-order valence-corrected chi connectivity index (χ2v) is 7.68. The van der Waals surface area contributed by atoms with Gasteiger partial charge in [0.05, 0.1) is 17.5 Å². The summed E-state index contributed by atoms with van der Waals surface area (Å²) >= 11 is 12.4. The maximum atomic E-state index is 12.9. The van der Waals surface area contributed by atoms with E-state index in [1.165, 1.54) is 12.1 Å². The van der Waals surface area contributed by atoms with Gasteiger partial charge >= 0.3 is 12.1 Å². The number of carboxylic acid groups (broad SMARTS) is 1. The van der Waals surface area contributed by atoms with E-state index in [0.29, 0.717) is 41.5 Å². The summed E-state index contributed by atoms with van der Waals surface area (Å²) in [6, 6.07) is 9.65. The Kier molecular flexibility index (Phi) is 6.22. The number of carbonyl (C=O) groups is 1. The smallest absolute Gasteiger partial charge is 0.416 e. The predicted molar refractivity (Wildman–Crippen MR) is 102 cm³/mol. The highest BCUT2D eigenvalue weighted by Crippen LogP contribution is 2.38. The molecule has 0 aromatic heterocycles. The van der Waals surface area contributed by atoms with Crippen molar-refractivity contribution in [2.45, 2.75) is 25.1 Å². The Morgan fingerprint density at radius 1 is 1.07 bits per heavy atom. The molecule has 3 nitrogen and oxygen atoms in total. The molecule has 150 valence electrons. The largest absolute Gasteiger partial charge is 0.481 e. The first-order valence-electron chi connectivity index (χ1n) is 8.76. The number of carboxylic acids is 1. The quantitative estimate of drug-likeness (QED) is 0.654. The zero-order valence-corrected chi connectivity index (χ0v) is 16.2. The number of benzene rings is 2. The summed E-state index contributed by atoms with van der Waals surface area (Å²) in [7, 11) is 0. The van der Waals surface area contributed by atoms with Crippen molar-refractivity contribution in [3.8, 4) is 0 Å². The molecule has 0 saturated carbocycles. The Morgan fingerprint density at radius 2 is 1.68 bits per heavy atom. The molecule has 0 radical (unpaired) electrons. The molecule has 1 aliphatic heterocycles. The topological polar surface area (TPSA) is 40.5 Å². The van der Waals surface area contributed by atoms with E-state index in [9.17, 15) is 23.1 Å². The van der Waals surface area contributed by atoms with Crippen LogP contribution in [0.2, 0.25) is 10.0 Å². The van der Waals surface area contributed by atoms with Crippen molar-refractivity contribution >= 4 is 29.2 Å². The summed E-state index contributed by atoms with van der Waals surface area (Å²) < 4.78 is 38.8. The lowest BCUT2D eigenvalue weighted by Crippen LogP contribution is -2.39. The number of piperidine rings is 1. The maximum Gasteiger partial charge on any atom is 0.416 e. The molecule has 0 bridgehead atoms. The first-order chi connectivity index (χ1) is 13.2. The van der Waals surface area contributed by atoms with Gasteiger partial charge in [0.25, 0.3) is 0 Å². The molecule has 0 amide bonds. The zero-order chi connectivity index (χ0) is 20.5. The van der Waals surface area contributed by atoms with Crippen LogP contribution in [0.3, 0.4) is 0 Å². The van der Waals surface area contributed by atoms with Crippen LogP contribution in [-0.2, 0) is 11.0 Å². The lowest BCUT2D eigenvalue weighted by Gasteiger charge is -2.37. The Bertz CT molecular complexity index is 848. The number of hydrogen-bond acceptors (Lipinski definition) is 2. The Balaban J connectivity index is 1.97. The van der Waals surface area contributed by atoms with Crippen LogP contribution in [0.15, 0.2) is 42.5 Å². The zero-order valence-electron chi connectivity index (χ0n) is 14.7. The van der Waals surface area contributed by atoms with E-state index in [1.54, 1.807) is 18.2 Å². The van der Waals surface area contributed by atoms with E-state index in [4.69, 9.17) is 23.2 Å². The molecule has 2 aromatic rings. The molecule has 2 aromatic carbocycles. The maximum absolute atomic E-state index is 12.9. The van der Waals surface area contributed by atoms with Crippen LogP contribution in [0.1, 0.15) is 35.6 Å². The lowest BCUT2D eigenvalue weighted by atomic mass is 9.91. The molecular weight excluding hydrogens is 414 g/mol. The van der Waals surface area contributed by atoms with Gasteiger partial charge in [0, 0.05) is 10.0 Å². The van der Waals surface area contributed by atoms with Gasteiger partial charge in [0.2, 0.25) is 0 Å². The van der Waals surface area contributed by atoms with Gasteiger partial charge in [-0.05, 0) is 61.3 Å². The molecule has 0 spiro atoms. The van der Waals surface area contributed by atoms with E-state index < -0.39 is 23.6 Å². The molecule has 1 atom stereocenters. The van der Waals surface area contributed by atoms with Crippen molar-refractivity contribution < 1.29 is 23.1 Å². The highest BCUT2D eigenvalue weighted by Gasteiger charge is 2.33. The molecule has 0 aliphatic carbocycles. The van der Waals surface area contributed by atoms with Gasteiger partial charge < -0.3 is 5.11 Å². The highest BCUT2D eigenvalue weighted by molar-refractivity contribution is 6.35. The monoisotopic (exact) mass is 431 g/mol. The van der Waals surface area contributed by atoms with Crippen molar-refractivity contribution in [1.29, 1.82) is 0 Å². The molecule has 8 heteroatoms. The number of hydrogen-bond donors (Lipinski definition) is 1.